The minimum atomic E-state index is -3.22. The van der Waals surface area contributed by atoms with Crippen molar-refractivity contribution in [1.29, 1.82) is 5.26 Å². The van der Waals surface area contributed by atoms with Gasteiger partial charge in [-0.15, -0.1) is 0 Å². The number of nitro benzene ring substituents is 1. The van der Waals surface area contributed by atoms with E-state index in [4.69, 9.17) is 16.9 Å². The Morgan fingerprint density at radius 1 is 1.56 bits per heavy atom. The Hall–Kier alpha value is -1.94. The Morgan fingerprint density at radius 2 is 2.19 bits per heavy atom. The second-order valence-corrected chi connectivity index (χ2v) is 2.92. The minimum absolute atomic E-state index is 0.198. The van der Waals surface area contributed by atoms with Crippen molar-refractivity contribution in [2.24, 2.45) is 0 Å². The second-order valence-electron chi connectivity index (χ2n) is 2.52. The first-order valence-electron chi connectivity index (χ1n) is 3.79. The molecule has 0 aromatic heterocycles. The van der Waals surface area contributed by atoms with Crippen molar-refractivity contribution in [2.75, 3.05) is 0 Å². The van der Waals surface area contributed by atoms with Gasteiger partial charge in [-0.2, -0.15) is 14.0 Å². The summed E-state index contributed by atoms with van der Waals surface area (Å²) in [6.45, 7) is -3.22. The summed E-state index contributed by atoms with van der Waals surface area (Å²) in [6.07, 6.45) is 0. The van der Waals surface area contributed by atoms with Crippen molar-refractivity contribution in [3.8, 4) is 11.8 Å². The van der Waals surface area contributed by atoms with Gasteiger partial charge in [0, 0.05) is 0 Å². The molecule has 16 heavy (non-hydrogen) atoms. The fraction of sp³-hybridized carbons (Fsp3) is 0.125. The molecule has 0 aliphatic rings. The summed E-state index contributed by atoms with van der Waals surface area (Å²) in [5.41, 5.74) is -1.37. The number of nitriles is 1. The van der Waals surface area contributed by atoms with E-state index in [0.717, 1.165) is 12.1 Å². The number of rotatable bonds is 3. The molecule has 5 nitrogen and oxygen atoms in total. The first-order valence-corrected chi connectivity index (χ1v) is 4.17. The Morgan fingerprint density at radius 3 is 2.62 bits per heavy atom. The molecule has 0 heterocycles. The van der Waals surface area contributed by atoms with E-state index in [2.05, 4.69) is 4.74 Å². The van der Waals surface area contributed by atoms with Gasteiger partial charge in [0.05, 0.1) is 9.95 Å². The molecule has 0 unspecified atom stereocenters. The van der Waals surface area contributed by atoms with E-state index in [9.17, 15) is 18.9 Å². The molecule has 0 aliphatic carbocycles. The van der Waals surface area contributed by atoms with Gasteiger partial charge in [0.2, 0.25) is 5.75 Å². The summed E-state index contributed by atoms with van der Waals surface area (Å²) in [4.78, 5) is 9.61. The van der Waals surface area contributed by atoms with Crippen molar-refractivity contribution in [3.05, 3.63) is 32.8 Å². The molecule has 0 saturated carbocycles. The Bertz CT molecular complexity index is 473. The fourth-order valence-electron chi connectivity index (χ4n) is 1.03. The van der Waals surface area contributed by atoms with Crippen LogP contribution in [-0.2, 0) is 0 Å². The SMILES string of the molecule is N#Cc1c(Cl)ccc(OC(F)F)c1[N+](=O)[O-]. The molecular weight excluding hydrogens is 246 g/mol. The van der Waals surface area contributed by atoms with Crippen LogP contribution in [-0.4, -0.2) is 11.5 Å². The molecule has 84 valence electrons. The van der Waals surface area contributed by atoms with E-state index in [1.54, 1.807) is 0 Å². The maximum atomic E-state index is 11.9. The molecule has 1 rings (SSSR count). The van der Waals surface area contributed by atoms with Crippen LogP contribution in [0.2, 0.25) is 5.02 Å². The van der Waals surface area contributed by atoms with Crippen LogP contribution in [0.25, 0.3) is 0 Å². The van der Waals surface area contributed by atoms with Crippen molar-refractivity contribution in [2.45, 2.75) is 6.61 Å². The van der Waals surface area contributed by atoms with E-state index in [0.29, 0.717) is 0 Å². The lowest BCUT2D eigenvalue weighted by Crippen LogP contribution is -2.05. The van der Waals surface area contributed by atoms with E-state index in [1.807, 2.05) is 0 Å². The highest BCUT2D eigenvalue weighted by atomic mass is 35.5. The zero-order valence-electron chi connectivity index (χ0n) is 7.49. The highest BCUT2D eigenvalue weighted by molar-refractivity contribution is 6.32. The molecule has 0 atom stereocenters. The number of ether oxygens (including phenoxy) is 1. The molecule has 1 aromatic rings. The molecular formula is C8H3ClF2N2O3. The summed E-state index contributed by atoms with van der Waals surface area (Å²) in [5, 5.41) is 19.0. The van der Waals surface area contributed by atoms with Crippen molar-refractivity contribution in [1.82, 2.24) is 0 Å². The number of alkyl halides is 2. The van der Waals surface area contributed by atoms with Crippen molar-refractivity contribution < 1.29 is 18.4 Å². The molecule has 0 fully saturated rings. The number of hydrogen-bond donors (Lipinski definition) is 0. The second kappa shape index (κ2) is 4.72. The van der Waals surface area contributed by atoms with E-state index in [-0.39, 0.29) is 5.02 Å². The Labute approximate surface area is 93.0 Å². The normalized spacial score (nSPS) is 9.94. The third kappa shape index (κ3) is 2.35. The Balaban J connectivity index is 3.40. The first-order chi connectivity index (χ1) is 7.47. The van der Waals surface area contributed by atoms with Gasteiger partial charge in [0.15, 0.2) is 5.56 Å². The molecule has 0 radical (unpaired) electrons. The van der Waals surface area contributed by atoms with E-state index in [1.165, 1.54) is 6.07 Å². The number of nitrogens with zero attached hydrogens (tertiary/aromatic N) is 2. The van der Waals surface area contributed by atoms with Gasteiger partial charge in [0.1, 0.15) is 6.07 Å². The molecule has 0 N–H and O–H groups in total. The van der Waals surface area contributed by atoms with Crippen LogP contribution < -0.4 is 4.74 Å². The topological polar surface area (TPSA) is 76.2 Å². The molecule has 0 aliphatic heterocycles. The van der Waals surface area contributed by atoms with Gasteiger partial charge in [-0.05, 0) is 12.1 Å². The van der Waals surface area contributed by atoms with Crippen molar-refractivity contribution in [3.63, 3.8) is 0 Å². The van der Waals surface area contributed by atoms with Crippen LogP contribution in [0.1, 0.15) is 5.56 Å². The number of halogens is 3. The number of hydrogen-bond acceptors (Lipinski definition) is 4. The average Bonchev–Trinajstić information content (AvgIpc) is 2.18. The van der Waals surface area contributed by atoms with Crippen LogP contribution in [0.15, 0.2) is 12.1 Å². The van der Waals surface area contributed by atoms with E-state index >= 15 is 0 Å². The lowest BCUT2D eigenvalue weighted by atomic mass is 10.2. The molecule has 0 bridgehead atoms. The number of nitro groups is 1. The standard InChI is InChI=1S/C8H3ClF2N2O3/c9-5-1-2-6(16-8(10)11)7(13(14)15)4(5)3-12/h1-2,8H. The van der Waals surface area contributed by atoms with Crippen LogP contribution in [0.5, 0.6) is 5.75 Å². The highest BCUT2D eigenvalue weighted by Gasteiger charge is 2.25. The molecule has 0 amide bonds. The maximum absolute atomic E-state index is 11.9. The maximum Gasteiger partial charge on any atom is 0.387 e. The Kier molecular flexibility index (Phi) is 3.58. The van der Waals surface area contributed by atoms with Crippen LogP contribution in [0.4, 0.5) is 14.5 Å². The number of benzene rings is 1. The molecule has 8 heteroatoms. The van der Waals surface area contributed by atoms with Crippen LogP contribution in [0, 0.1) is 21.4 Å². The van der Waals surface area contributed by atoms with Gasteiger partial charge < -0.3 is 4.74 Å². The first kappa shape index (κ1) is 12.1. The monoisotopic (exact) mass is 248 g/mol. The molecule has 1 aromatic carbocycles. The van der Waals surface area contributed by atoms with Gasteiger partial charge in [0.25, 0.3) is 0 Å². The summed E-state index contributed by atoms with van der Waals surface area (Å²) in [5.74, 6) is -0.694. The molecule has 0 spiro atoms. The third-order valence-corrected chi connectivity index (χ3v) is 1.92. The van der Waals surface area contributed by atoms with Crippen molar-refractivity contribution >= 4 is 17.3 Å². The molecule has 0 saturated heterocycles. The zero-order chi connectivity index (χ0) is 12.3. The summed E-state index contributed by atoms with van der Waals surface area (Å²) < 4.78 is 27.8. The predicted octanol–water partition coefficient (Wildman–Crippen LogP) is 2.72. The largest absolute Gasteiger partial charge is 0.427 e. The third-order valence-electron chi connectivity index (χ3n) is 1.60. The van der Waals surface area contributed by atoms with Gasteiger partial charge in [-0.1, -0.05) is 11.6 Å². The van der Waals surface area contributed by atoms with E-state index < -0.39 is 28.5 Å². The lowest BCUT2D eigenvalue weighted by molar-refractivity contribution is -0.386. The average molecular weight is 249 g/mol. The van der Waals surface area contributed by atoms with Gasteiger partial charge in [-0.25, -0.2) is 0 Å². The quantitative estimate of drug-likeness (QED) is 0.609. The van der Waals surface area contributed by atoms with Gasteiger partial charge in [-0.3, -0.25) is 10.1 Å². The van der Waals surface area contributed by atoms with Crippen LogP contribution >= 0.6 is 11.6 Å². The predicted molar refractivity (Wildman–Crippen MR) is 49.5 cm³/mol. The summed E-state index contributed by atoms with van der Waals surface area (Å²) in [6, 6.07) is 3.44. The summed E-state index contributed by atoms with van der Waals surface area (Å²) in [7, 11) is 0. The van der Waals surface area contributed by atoms with Gasteiger partial charge >= 0.3 is 12.3 Å². The fourth-order valence-corrected chi connectivity index (χ4v) is 1.22. The van der Waals surface area contributed by atoms with Crippen LogP contribution in [0.3, 0.4) is 0 Å². The lowest BCUT2D eigenvalue weighted by Gasteiger charge is -2.06. The zero-order valence-corrected chi connectivity index (χ0v) is 8.24. The highest BCUT2D eigenvalue weighted by Crippen LogP contribution is 2.35. The summed E-state index contributed by atoms with van der Waals surface area (Å²) >= 11 is 5.51. The minimum Gasteiger partial charge on any atom is -0.427 e. The smallest absolute Gasteiger partial charge is 0.387 e.